The predicted octanol–water partition coefficient (Wildman–Crippen LogP) is 3.87. The van der Waals surface area contributed by atoms with Crippen molar-refractivity contribution in [3.8, 4) is 11.4 Å². The molecule has 5 heteroatoms. The number of hydrogen-bond donors (Lipinski definition) is 1. The van der Waals surface area contributed by atoms with Gasteiger partial charge in [0.1, 0.15) is 5.52 Å². The van der Waals surface area contributed by atoms with Crippen LogP contribution < -0.4 is 0 Å². The van der Waals surface area contributed by atoms with Gasteiger partial charge in [0, 0.05) is 11.1 Å². The van der Waals surface area contributed by atoms with Crippen LogP contribution in [0.2, 0.25) is 0 Å². The third-order valence-corrected chi connectivity index (χ3v) is 3.86. The van der Waals surface area contributed by atoms with Crippen molar-refractivity contribution in [3.05, 3.63) is 60.4 Å². The van der Waals surface area contributed by atoms with Crippen molar-refractivity contribution in [3.63, 3.8) is 0 Å². The van der Waals surface area contributed by atoms with Gasteiger partial charge in [-0.15, -0.1) is 0 Å². The van der Waals surface area contributed by atoms with Gasteiger partial charge in [-0.05, 0) is 24.3 Å². The molecule has 0 radical (unpaired) electrons. The minimum atomic E-state index is -0.706. The molecule has 0 aliphatic carbocycles. The fourth-order valence-corrected chi connectivity index (χ4v) is 2.86. The van der Waals surface area contributed by atoms with Crippen LogP contribution >= 0.6 is 0 Å². The highest BCUT2D eigenvalue weighted by atomic mass is 16.5. The van der Waals surface area contributed by atoms with E-state index in [4.69, 9.17) is 4.42 Å². The molecule has 0 unspecified atom stereocenters. The SMILES string of the molecule is COC(=O)c1oc2c3ccccc3n(-c3ccccc3)c2c1O. The number of fused-ring (bicyclic) bond motifs is 3. The Labute approximate surface area is 131 Å². The second-order valence-electron chi connectivity index (χ2n) is 5.14. The summed E-state index contributed by atoms with van der Waals surface area (Å²) < 4.78 is 12.2. The first kappa shape index (κ1) is 13.5. The number of rotatable bonds is 2. The summed E-state index contributed by atoms with van der Waals surface area (Å²) in [6.45, 7) is 0. The van der Waals surface area contributed by atoms with Gasteiger partial charge < -0.3 is 18.8 Å². The minimum absolute atomic E-state index is 0.187. The van der Waals surface area contributed by atoms with Crippen LogP contribution in [0.25, 0.3) is 27.7 Å². The maximum atomic E-state index is 11.8. The molecule has 0 bridgehead atoms. The summed E-state index contributed by atoms with van der Waals surface area (Å²) in [7, 11) is 1.25. The molecule has 0 amide bonds. The molecule has 0 fully saturated rings. The van der Waals surface area contributed by atoms with E-state index < -0.39 is 5.97 Å². The number of furan rings is 1. The molecule has 0 saturated heterocycles. The van der Waals surface area contributed by atoms with Gasteiger partial charge in [0.05, 0.1) is 12.6 Å². The molecular weight excluding hydrogens is 294 g/mol. The van der Waals surface area contributed by atoms with Gasteiger partial charge in [-0.25, -0.2) is 4.79 Å². The normalized spacial score (nSPS) is 11.2. The first-order valence-electron chi connectivity index (χ1n) is 7.11. The topological polar surface area (TPSA) is 64.6 Å². The molecule has 1 N–H and O–H groups in total. The highest BCUT2D eigenvalue weighted by molar-refractivity contribution is 6.11. The zero-order valence-corrected chi connectivity index (χ0v) is 12.3. The van der Waals surface area contributed by atoms with Crippen molar-refractivity contribution in [1.29, 1.82) is 0 Å². The second kappa shape index (κ2) is 4.91. The largest absolute Gasteiger partial charge is 0.503 e. The number of ether oxygens (including phenoxy) is 1. The van der Waals surface area contributed by atoms with Crippen molar-refractivity contribution in [2.45, 2.75) is 0 Å². The molecule has 2 heterocycles. The van der Waals surface area contributed by atoms with E-state index in [0.717, 1.165) is 16.6 Å². The molecule has 2 aromatic carbocycles. The van der Waals surface area contributed by atoms with Crippen LogP contribution in [0.4, 0.5) is 0 Å². The first-order chi connectivity index (χ1) is 11.2. The summed E-state index contributed by atoms with van der Waals surface area (Å²) >= 11 is 0. The lowest BCUT2D eigenvalue weighted by atomic mass is 10.2. The Morgan fingerprint density at radius 3 is 2.52 bits per heavy atom. The van der Waals surface area contributed by atoms with E-state index in [0.29, 0.717) is 11.1 Å². The van der Waals surface area contributed by atoms with Gasteiger partial charge in [0.15, 0.2) is 11.3 Å². The smallest absolute Gasteiger partial charge is 0.378 e. The molecule has 2 aromatic heterocycles. The highest BCUT2D eigenvalue weighted by Crippen LogP contribution is 2.40. The van der Waals surface area contributed by atoms with Gasteiger partial charge in [-0.3, -0.25) is 0 Å². The van der Waals surface area contributed by atoms with Crippen molar-refractivity contribution in [2.24, 2.45) is 0 Å². The van der Waals surface area contributed by atoms with E-state index in [9.17, 15) is 9.90 Å². The average molecular weight is 307 g/mol. The number of nitrogens with zero attached hydrogens (tertiary/aromatic N) is 1. The molecule has 5 nitrogen and oxygen atoms in total. The molecule has 0 aliphatic rings. The number of carbonyl (C=O) groups excluding carboxylic acids is 1. The molecule has 0 spiro atoms. The third-order valence-electron chi connectivity index (χ3n) is 3.86. The molecule has 0 saturated carbocycles. The van der Waals surface area contributed by atoms with Gasteiger partial charge in [0.25, 0.3) is 5.76 Å². The minimum Gasteiger partial charge on any atom is -0.503 e. The van der Waals surface area contributed by atoms with Crippen LogP contribution in [0.5, 0.6) is 5.75 Å². The Balaban J connectivity index is 2.17. The lowest BCUT2D eigenvalue weighted by Gasteiger charge is -2.06. The summed E-state index contributed by atoms with van der Waals surface area (Å²) in [5.74, 6) is -1.11. The Hall–Kier alpha value is -3.21. The standard InChI is InChI=1S/C18H13NO4/c1-22-18(21)17-15(20)14-16(23-17)12-9-5-6-10-13(12)19(14)11-7-3-2-4-8-11/h2-10,20H,1H3. The number of methoxy groups -OCH3 is 1. The van der Waals surface area contributed by atoms with Crippen LogP contribution in [0.15, 0.2) is 59.0 Å². The summed E-state index contributed by atoms with van der Waals surface area (Å²) in [6.07, 6.45) is 0. The van der Waals surface area contributed by atoms with E-state index in [2.05, 4.69) is 4.74 Å². The fraction of sp³-hybridized carbons (Fsp3) is 0.0556. The molecule has 0 atom stereocenters. The summed E-state index contributed by atoms with van der Waals surface area (Å²) in [5.41, 5.74) is 2.67. The van der Waals surface area contributed by atoms with Crippen LogP contribution in [-0.4, -0.2) is 22.8 Å². The van der Waals surface area contributed by atoms with E-state index >= 15 is 0 Å². The molecule has 23 heavy (non-hydrogen) atoms. The van der Waals surface area contributed by atoms with Crippen molar-refractivity contribution in [1.82, 2.24) is 4.57 Å². The van der Waals surface area contributed by atoms with Crippen LogP contribution in [0.1, 0.15) is 10.6 Å². The Bertz CT molecular complexity index is 1030. The van der Waals surface area contributed by atoms with Gasteiger partial charge in [-0.2, -0.15) is 0 Å². The summed E-state index contributed by atoms with van der Waals surface area (Å²) in [5, 5.41) is 11.3. The van der Waals surface area contributed by atoms with Crippen LogP contribution in [-0.2, 0) is 4.74 Å². The van der Waals surface area contributed by atoms with Crippen molar-refractivity contribution in [2.75, 3.05) is 7.11 Å². The number of hydrogen-bond acceptors (Lipinski definition) is 4. The van der Waals surface area contributed by atoms with Crippen molar-refractivity contribution >= 4 is 28.0 Å². The zero-order chi connectivity index (χ0) is 16.0. The average Bonchev–Trinajstić information content (AvgIpc) is 3.10. The molecule has 4 aromatic rings. The van der Waals surface area contributed by atoms with E-state index in [1.807, 2.05) is 59.2 Å². The Morgan fingerprint density at radius 1 is 1.09 bits per heavy atom. The van der Waals surface area contributed by atoms with Crippen molar-refractivity contribution < 1.29 is 19.1 Å². The van der Waals surface area contributed by atoms with Crippen LogP contribution in [0.3, 0.4) is 0 Å². The Kier molecular flexibility index (Phi) is 2.87. The first-order valence-corrected chi connectivity index (χ1v) is 7.11. The van der Waals surface area contributed by atoms with Crippen LogP contribution in [0, 0.1) is 0 Å². The number of esters is 1. The Morgan fingerprint density at radius 2 is 1.78 bits per heavy atom. The molecule has 4 rings (SSSR count). The number of benzene rings is 2. The van der Waals surface area contributed by atoms with Gasteiger partial charge in [0.2, 0.25) is 0 Å². The predicted molar refractivity (Wildman–Crippen MR) is 86.1 cm³/mol. The van der Waals surface area contributed by atoms with E-state index in [-0.39, 0.29) is 11.5 Å². The molecule has 114 valence electrons. The number of aromatic nitrogens is 1. The third kappa shape index (κ3) is 1.83. The number of aromatic hydroxyl groups is 1. The maximum absolute atomic E-state index is 11.8. The highest BCUT2D eigenvalue weighted by Gasteiger charge is 2.27. The van der Waals surface area contributed by atoms with E-state index in [1.165, 1.54) is 7.11 Å². The quantitative estimate of drug-likeness (QED) is 0.571. The number of para-hydroxylation sites is 2. The lowest BCUT2D eigenvalue weighted by Crippen LogP contribution is -2.00. The monoisotopic (exact) mass is 307 g/mol. The second-order valence-corrected chi connectivity index (χ2v) is 5.14. The molecular formula is C18H13NO4. The number of carbonyl (C=O) groups is 1. The van der Waals surface area contributed by atoms with Gasteiger partial charge >= 0.3 is 5.97 Å². The fourth-order valence-electron chi connectivity index (χ4n) is 2.86. The maximum Gasteiger partial charge on any atom is 0.378 e. The summed E-state index contributed by atoms with van der Waals surface area (Å²) in [4.78, 5) is 11.8. The zero-order valence-electron chi connectivity index (χ0n) is 12.3. The summed E-state index contributed by atoms with van der Waals surface area (Å²) in [6, 6.07) is 17.2. The van der Waals surface area contributed by atoms with Gasteiger partial charge in [-0.1, -0.05) is 30.3 Å². The lowest BCUT2D eigenvalue weighted by molar-refractivity contribution is 0.0563. The molecule has 0 aliphatic heterocycles. The van der Waals surface area contributed by atoms with E-state index in [1.54, 1.807) is 0 Å².